The molecule has 2 rings (SSSR count). The van der Waals surface area contributed by atoms with Crippen molar-refractivity contribution in [1.82, 2.24) is 10.2 Å². The average Bonchev–Trinajstić information content (AvgIpc) is 2.52. The Kier molecular flexibility index (Phi) is 5.14. The van der Waals surface area contributed by atoms with Gasteiger partial charge in [0.25, 0.3) is 11.8 Å². The van der Waals surface area contributed by atoms with E-state index in [0.29, 0.717) is 23.6 Å². The summed E-state index contributed by atoms with van der Waals surface area (Å²) in [6, 6.07) is 6.90. The normalized spacial score (nSPS) is 15.6. The molecule has 0 atom stereocenters. The topological polar surface area (TPSA) is 49.4 Å². The molecular weight excluding hydrogens is 264 g/mol. The number of nitrogens with one attached hydrogen (secondary N) is 1. The minimum absolute atomic E-state index is 0.0141. The summed E-state index contributed by atoms with van der Waals surface area (Å²) in [4.78, 5) is 26.3. The van der Waals surface area contributed by atoms with Crippen LogP contribution in [0.4, 0.5) is 0 Å². The lowest BCUT2D eigenvalue weighted by atomic mass is 9.98. The Morgan fingerprint density at radius 2 is 2.00 bits per heavy atom. The lowest BCUT2D eigenvalue weighted by Gasteiger charge is -2.30. The minimum atomic E-state index is -0.184. The molecule has 1 aliphatic heterocycles. The van der Waals surface area contributed by atoms with Gasteiger partial charge in [-0.05, 0) is 37.0 Å². The molecule has 0 bridgehead atoms. The van der Waals surface area contributed by atoms with Crippen molar-refractivity contribution in [2.75, 3.05) is 19.6 Å². The van der Waals surface area contributed by atoms with Crippen LogP contribution in [-0.4, -0.2) is 36.3 Å². The Balaban J connectivity index is 2.07. The highest BCUT2D eigenvalue weighted by atomic mass is 16.2. The van der Waals surface area contributed by atoms with Crippen molar-refractivity contribution in [3.8, 4) is 0 Å². The Morgan fingerprint density at radius 1 is 1.33 bits per heavy atom. The Bertz CT molecular complexity index is 531. The van der Waals surface area contributed by atoms with Crippen LogP contribution in [0.3, 0.4) is 0 Å². The van der Waals surface area contributed by atoms with Crippen LogP contribution >= 0.6 is 0 Å². The third-order valence-electron chi connectivity index (χ3n) is 3.85. The van der Waals surface area contributed by atoms with Crippen LogP contribution in [0.2, 0.25) is 0 Å². The van der Waals surface area contributed by atoms with Crippen LogP contribution in [0.5, 0.6) is 0 Å². The van der Waals surface area contributed by atoms with Crippen molar-refractivity contribution >= 4 is 11.8 Å². The highest BCUT2D eigenvalue weighted by Gasteiger charge is 2.21. The molecule has 1 N–H and O–H groups in total. The van der Waals surface area contributed by atoms with E-state index >= 15 is 0 Å². The van der Waals surface area contributed by atoms with Crippen LogP contribution in [0, 0.1) is 5.92 Å². The van der Waals surface area contributed by atoms with Crippen molar-refractivity contribution in [3.63, 3.8) is 0 Å². The second kappa shape index (κ2) is 7.07. The zero-order valence-corrected chi connectivity index (χ0v) is 12.5. The molecule has 1 aliphatic rings. The molecule has 4 nitrogen and oxygen atoms in total. The standard InChI is InChI=1S/C17H22N2O2/c1-3-9-18-16(20)14-5-4-6-15(12-14)17(21)19-10-7-13(2)8-11-19/h3-6,12-13H,1,7-11H2,2H3,(H,18,20). The first-order chi connectivity index (χ1) is 10.1. The molecule has 4 heteroatoms. The van der Waals surface area contributed by atoms with E-state index in [0.717, 1.165) is 25.9 Å². The molecule has 2 amide bonds. The largest absolute Gasteiger partial charge is 0.349 e. The summed E-state index contributed by atoms with van der Waals surface area (Å²) in [6.07, 6.45) is 3.72. The Labute approximate surface area is 125 Å². The van der Waals surface area contributed by atoms with E-state index in [1.807, 2.05) is 4.90 Å². The zero-order valence-electron chi connectivity index (χ0n) is 12.5. The van der Waals surface area contributed by atoms with Crippen LogP contribution < -0.4 is 5.32 Å². The number of nitrogens with zero attached hydrogens (tertiary/aromatic N) is 1. The van der Waals surface area contributed by atoms with Gasteiger partial charge in [0.2, 0.25) is 0 Å². The fourth-order valence-corrected chi connectivity index (χ4v) is 2.45. The molecule has 0 unspecified atom stereocenters. The number of carbonyl (C=O) groups is 2. The van der Waals surface area contributed by atoms with Crippen molar-refractivity contribution < 1.29 is 9.59 Å². The number of carbonyl (C=O) groups excluding carboxylic acids is 2. The highest BCUT2D eigenvalue weighted by molar-refractivity contribution is 5.99. The molecule has 0 saturated carbocycles. The van der Waals surface area contributed by atoms with Crippen molar-refractivity contribution in [2.45, 2.75) is 19.8 Å². The van der Waals surface area contributed by atoms with E-state index < -0.39 is 0 Å². The fraction of sp³-hybridized carbons (Fsp3) is 0.412. The molecule has 0 spiro atoms. The van der Waals surface area contributed by atoms with Gasteiger partial charge < -0.3 is 10.2 Å². The number of likely N-dealkylation sites (tertiary alicyclic amines) is 1. The van der Waals surface area contributed by atoms with Crippen molar-refractivity contribution in [1.29, 1.82) is 0 Å². The summed E-state index contributed by atoms with van der Waals surface area (Å²) in [5, 5.41) is 2.72. The first kappa shape index (κ1) is 15.3. The molecule has 0 aliphatic carbocycles. The third-order valence-corrected chi connectivity index (χ3v) is 3.85. The van der Waals surface area contributed by atoms with E-state index in [1.54, 1.807) is 30.3 Å². The second-order valence-corrected chi connectivity index (χ2v) is 5.55. The summed E-state index contributed by atoms with van der Waals surface area (Å²) in [7, 11) is 0. The van der Waals surface area contributed by atoms with E-state index in [4.69, 9.17) is 0 Å². The SMILES string of the molecule is C=CCNC(=O)c1cccc(C(=O)N2CCC(C)CC2)c1. The highest BCUT2D eigenvalue weighted by Crippen LogP contribution is 2.18. The van der Waals surface area contributed by atoms with Gasteiger partial charge in [-0.15, -0.1) is 6.58 Å². The molecule has 1 saturated heterocycles. The molecule has 0 radical (unpaired) electrons. The number of piperidine rings is 1. The van der Waals surface area contributed by atoms with Crippen molar-refractivity contribution in [3.05, 3.63) is 48.0 Å². The quantitative estimate of drug-likeness (QED) is 0.864. The zero-order chi connectivity index (χ0) is 15.2. The Hall–Kier alpha value is -2.10. The summed E-state index contributed by atoms with van der Waals surface area (Å²) in [5.74, 6) is 0.516. The number of benzene rings is 1. The van der Waals surface area contributed by atoms with Gasteiger partial charge in [0.1, 0.15) is 0 Å². The maximum absolute atomic E-state index is 12.5. The monoisotopic (exact) mass is 286 g/mol. The second-order valence-electron chi connectivity index (χ2n) is 5.55. The van der Waals surface area contributed by atoms with Gasteiger partial charge in [-0.3, -0.25) is 9.59 Å². The number of rotatable bonds is 4. The van der Waals surface area contributed by atoms with Gasteiger partial charge in [-0.1, -0.05) is 19.1 Å². The van der Waals surface area contributed by atoms with Gasteiger partial charge in [0.15, 0.2) is 0 Å². The van der Waals surface area contributed by atoms with E-state index in [2.05, 4.69) is 18.8 Å². The van der Waals surface area contributed by atoms with Crippen LogP contribution in [0.1, 0.15) is 40.5 Å². The summed E-state index contributed by atoms with van der Waals surface area (Å²) in [6.45, 7) is 7.79. The van der Waals surface area contributed by atoms with Gasteiger partial charge in [-0.2, -0.15) is 0 Å². The van der Waals surface area contributed by atoms with E-state index in [1.165, 1.54) is 0 Å². The molecular formula is C17H22N2O2. The minimum Gasteiger partial charge on any atom is -0.349 e. The first-order valence-corrected chi connectivity index (χ1v) is 7.40. The molecule has 1 aromatic rings. The Morgan fingerprint density at radius 3 is 2.67 bits per heavy atom. The van der Waals surface area contributed by atoms with Gasteiger partial charge in [-0.25, -0.2) is 0 Å². The molecule has 112 valence electrons. The van der Waals surface area contributed by atoms with E-state index in [-0.39, 0.29) is 11.8 Å². The molecule has 1 heterocycles. The predicted molar refractivity (Wildman–Crippen MR) is 83.3 cm³/mol. The smallest absolute Gasteiger partial charge is 0.253 e. The maximum Gasteiger partial charge on any atom is 0.253 e. The fourth-order valence-electron chi connectivity index (χ4n) is 2.45. The van der Waals surface area contributed by atoms with Crippen LogP contribution in [0.15, 0.2) is 36.9 Å². The molecule has 1 aromatic carbocycles. The van der Waals surface area contributed by atoms with Gasteiger partial charge in [0, 0.05) is 30.8 Å². The third kappa shape index (κ3) is 3.94. The summed E-state index contributed by atoms with van der Waals surface area (Å²) in [5.41, 5.74) is 1.09. The molecule has 0 aromatic heterocycles. The summed E-state index contributed by atoms with van der Waals surface area (Å²) >= 11 is 0. The summed E-state index contributed by atoms with van der Waals surface area (Å²) < 4.78 is 0. The van der Waals surface area contributed by atoms with Crippen LogP contribution in [0.25, 0.3) is 0 Å². The lowest BCUT2D eigenvalue weighted by molar-refractivity contribution is 0.0697. The van der Waals surface area contributed by atoms with E-state index in [9.17, 15) is 9.59 Å². The number of amides is 2. The first-order valence-electron chi connectivity index (χ1n) is 7.40. The number of hydrogen-bond donors (Lipinski definition) is 1. The number of hydrogen-bond acceptors (Lipinski definition) is 2. The molecule has 21 heavy (non-hydrogen) atoms. The predicted octanol–water partition coefficient (Wildman–Crippen LogP) is 2.47. The lowest BCUT2D eigenvalue weighted by Crippen LogP contribution is -2.38. The van der Waals surface area contributed by atoms with Gasteiger partial charge in [0.05, 0.1) is 0 Å². The average molecular weight is 286 g/mol. The maximum atomic E-state index is 12.5. The van der Waals surface area contributed by atoms with Gasteiger partial charge >= 0.3 is 0 Å². The molecule has 1 fully saturated rings. The van der Waals surface area contributed by atoms with Crippen molar-refractivity contribution in [2.24, 2.45) is 5.92 Å². The van der Waals surface area contributed by atoms with Crippen LogP contribution in [-0.2, 0) is 0 Å².